The van der Waals surface area contributed by atoms with E-state index in [2.05, 4.69) is 43.4 Å². The smallest absolute Gasteiger partial charge is 0.232 e. The largest absolute Gasteiger partial charge is 0.325 e. The first-order valence-corrected chi connectivity index (χ1v) is 8.41. The minimum atomic E-state index is -0.0544. The van der Waals surface area contributed by atoms with Gasteiger partial charge in [0.15, 0.2) is 0 Å². The van der Waals surface area contributed by atoms with E-state index in [-0.39, 0.29) is 17.9 Å². The van der Waals surface area contributed by atoms with Crippen LogP contribution in [0, 0.1) is 0 Å². The van der Waals surface area contributed by atoms with Crippen molar-refractivity contribution in [3.05, 3.63) is 64.7 Å². The first-order chi connectivity index (χ1) is 11.1. The summed E-state index contributed by atoms with van der Waals surface area (Å²) >= 11 is 0. The van der Waals surface area contributed by atoms with Crippen molar-refractivity contribution in [2.45, 2.75) is 45.1 Å². The quantitative estimate of drug-likeness (QED) is 0.879. The number of amides is 1. The molecule has 2 unspecified atom stereocenters. The van der Waals surface area contributed by atoms with Crippen LogP contribution in [0.2, 0.25) is 0 Å². The molecule has 0 saturated carbocycles. The molecule has 0 aliphatic carbocycles. The van der Waals surface area contributed by atoms with Crippen LogP contribution in [0.1, 0.15) is 54.5 Å². The molecule has 0 spiro atoms. The van der Waals surface area contributed by atoms with Gasteiger partial charge in [-0.25, -0.2) is 0 Å². The summed E-state index contributed by atoms with van der Waals surface area (Å²) in [4.78, 5) is 12.2. The maximum atomic E-state index is 12.2. The van der Waals surface area contributed by atoms with Gasteiger partial charge in [-0.15, -0.1) is 0 Å². The summed E-state index contributed by atoms with van der Waals surface area (Å²) in [6, 6.07) is 14.5. The zero-order valence-corrected chi connectivity index (χ0v) is 13.8. The second-order valence-corrected chi connectivity index (χ2v) is 6.24. The van der Waals surface area contributed by atoms with Crippen LogP contribution in [0.25, 0.3) is 0 Å². The lowest BCUT2D eigenvalue weighted by atomic mass is 9.90. The minimum absolute atomic E-state index is 0.0424. The van der Waals surface area contributed by atoms with Gasteiger partial charge in [-0.2, -0.15) is 0 Å². The molecule has 3 N–H and O–H groups in total. The summed E-state index contributed by atoms with van der Waals surface area (Å²) in [5.74, 6) is 0.0742. The lowest BCUT2D eigenvalue weighted by Crippen LogP contribution is -2.14. The molecule has 2 aromatic carbocycles. The molecule has 2 atom stereocenters. The summed E-state index contributed by atoms with van der Waals surface area (Å²) < 4.78 is 0. The van der Waals surface area contributed by atoms with Gasteiger partial charge in [0.1, 0.15) is 0 Å². The van der Waals surface area contributed by atoms with Crippen molar-refractivity contribution in [3.8, 4) is 0 Å². The Balaban J connectivity index is 1.94. The van der Waals surface area contributed by atoms with Gasteiger partial charge >= 0.3 is 0 Å². The summed E-state index contributed by atoms with van der Waals surface area (Å²) in [6.45, 7) is 4.18. The third-order valence-electron chi connectivity index (χ3n) is 4.73. The zero-order chi connectivity index (χ0) is 16.4. The van der Waals surface area contributed by atoms with E-state index >= 15 is 0 Å². The summed E-state index contributed by atoms with van der Waals surface area (Å²) in [6.07, 6.45) is 2.52. The fraction of sp³-hybridized carbons (Fsp3) is 0.350. The minimum Gasteiger partial charge on any atom is -0.325 e. The van der Waals surface area contributed by atoms with Crippen LogP contribution in [-0.2, 0) is 17.6 Å². The van der Waals surface area contributed by atoms with Crippen molar-refractivity contribution >= 4 is 11.6 Å². The predicted octanol–water partition coefficient (Wildman–Crippen LogP) is 3.94. The number of hydrogen-bond acceptors (Lipinski definition) is 2. The number of hydrogen-bond donors (Lipinski definition) is 2. The summed E-state index contributed by atoms with van der Waals surface area (Å²) in [5.41, 5.74) is 12.1. The highest BCUT2D eigenvalue weighted by Crippen LogP contribution is 2.39. The Hall–Kier alpha value is -2.13. The van der Waals surface area contributed by atoms with Crippen molar-refractivity contribution < 1.29 is 4.79 Å². The molecule has 0 aromatic heterocycles. The van der Waals surface area contributed by atoms with Crippen LogP contribution in [0.4, 0.5) is 5.69 Å². The molecule has 3 heteroatoms. The average Bonchev–Trinajstić information content (AvgIpc) is 2.89. The highest BCUT2D eigenvalue weighted by Gasteiger charge is 2.31. The molecule has 0 fully saturated rings. The van der Waals surface area contributed by atoms with E-state index in [4.69, 9.17) is 5.73 Å². The van der Waals surface area contributed by atoms with Crippen LogP contribution in [0.5, 0.6) is 0 Å². The second-order valence-electron chi connectivity index (χ2n) is 6.24. The lowest BCUT2D eigenvalue weighted by molar-refractivity contribution is -0.117. The number of nitrogens with one attached hydrogen (secondary N) is 1. The summed E-state index contributed by atoms with van der Waals surface area (Å²) in [7, 11) is 0. The number of rotatable bonds is 5. The van der Waals surface area contributed by atoms with Crippen molar-refractivity contribution in [2.75, 3.05) is 5.32 Å². The van der Waals surface area contributed by atoms with Crippen LogP contribution in [-0.4, -0.2) is 5.91 Å². The Bertz CT molecular complexity index is 709. The molecular weight excluding hydrogens is 284 g/mol. The molecule has 0 saturated heterocycles. The zero-order valence-electron chi connectivity index (χ0n) is 13.8. The molecule has 1 amide bonds. The maximum absolute atomic E-state index is 12.2. The van der Waals surface area contributed by atoms with Crippen molar-refractivity contribution in [1.82, 2.24) is 0 Å². The lowest BCUT2D eigenvalue weighted by Gasteiger charge is -2.17. The maximum Gasteiger partial charge on any atom is 0.232 e. The number of benzene rings is 2. The normalized spacial score (nSPS) is 17.7. The van der Waals surface area contributed by atoms with E-state index in [0.29, 0.717) is 0 Å². The predicted molar refractivity (Wildman–Crippen MR) is 94.6 cm³/mol. The van der Waals surface area contributed by atoms with Crippen molar-refractivity contribution in [1.29, 1.82) is 0 Å². The van der Waals surface area contributed by atoms with Gasteiger partial charge in [0.2, 0.25) is 5.91 Å². The molecule has 3 rings (SSSR count). The monoisotopic (exact) mass is 308 g/mol. The van der Waals surface area contributed by atoms with Gasteiger partial charge in [0, 0.05) is 11.7 Å². The molecular formula is C20H24N2O. The van der Waals surface area contributed by atoms with E-state index in [0.717, 1.165) is 36.1 Å². The molecule has 1 aliphatic heterocycles. The fourth-order valence-electron chi connectivity index (χ4n) is 3.42. The van der Waals surface area contributed by atoms with Crippen molar-refractivity contribution in [2.24, 2.45) is 5.73 Å². The van der Waals surface area contributed by atoms with E-state index in [1.807, 2.05) is 18.2 Å². The standard InChI is InChI=1S/C20H24N2O/c1-3-14-11-15(18(21)10-13-8-6-5-7-9-13)12-17-16(4-2)20(23)22-19(14)17/h5-9,11-12,16,18H,3-4,10,21H2,1-2H3,(H,22,23). The first-order valence-electron chi connectivity index (χ1n) is 8.41. The van der Waals surface area contributed by atoms with E-state index in [1.54, 1.807) is 0 Å². The Morgan fingerprint density at radius 1 is 1.17 bits per heavy atom. The second kappa shape index (κ2) is 6.55. The molecule has 3 nitrogen and oxygen atoms in total. The van der Waals surface area contributed by atoms with Crippen LogP contribution < -0.4 is 11.1 Å². The molecule has 1 heterocycles. The van der Waals surface area contributed by atoms with Gasteiger partial charge in [0.25, 0.3) is 0 Å². The van der Waals surface area contributed by atoms with Gasteiger partial charge in [-0.05, 0) is 41.5 Å². The van der Waals surface area contributed by atoms with Gasteiger partial charge < -0.3 is 11.1 Å². The molecule has 23 heavy (non-hydrogen) atoms. The van der Waals surface area contributed by atoms with Gasteiger partial charge in [-0.3, -0.25) is 4.79 Å². The highest BCUT2D eigenvalue weighted by molar-refractivity contribution is 6.03. The van der Waals surface area contributed by atoms with Crippen LogP contribution in [0.15, 0.2) is 42.5 Å². The number of aryl methyl sites for hydroxylation is 1. The molecule has 0 radical (unpaired) electrons. The van der Waals surface area contributed by atoms with Crippen molar-refractivity contribution in [3.63, 3.8) is 0 Å². The summed E-state index contributed by atoms with van der Waals surface area (Å²) in [5, 5.41) is 3.05. The molecule has 120 valence electrons. The highest BCUT2D eigenvalue weighted by atomic mass is 16.2. The molecule has 1 aliphatic rings. The molecule has 2 aromatic rings. The Morgan fingerprint density at radius 3 is 2.57 bits per heavy atom. The number of nitrogens with two attached hydrogens (primary N) is 1. The molecule has 0 bridgehead atoms. The van der Waals surface area contributed by atoms with Crippen LogP contribution >= 0.6 is 0 Å². The topological polar surface area (TPSA) is 55.1 Å². The number of anilines is 1. The third kappa shape index (κ3) is 3.02. The van der Waals surface area contributed by atoms with Gasteiger partial charge in [0.05, 0.1) is 5.92 Å². The average molecular weight is 308 g/mol. The third-order valence-corrected chi connectivity index (χ3v) is 4.73. The van der Waals surface area contributed by atoms with E-state index < -0.39 is 0 Å². The Morgan fingerprint density at radius 2 is 1.91 bits per heavy atom. The van der Waals surface area contributed by atoms with Gasteiger partial charge in [-0.1, -0.05) is 56.3 Å². The number of fused-ring (bicyclic) bond motifs is 1. The van der Waals surface area contributed by atoms with E-state index in [9.17, 15) is 4.79 Å². The first kappa shape index (κ1) is 15.8. The van der Waals surface area contributed by atoms with Crippen LogP contribution in [0.3, 0.4) is 0 Å². The Labute approximate surface area is 137 Å². The van der Waals surface area contributed by atoms with E-state index in [1.165, 1.54) is 11.1 Å². The number of carbonyl (C=O) groups excluding carboxylic acids is 1. The fourth-order valence-corrected chi connectivity index (χ4v) is 3.42. The SMILES string of the molecule is CCc1cc(C(N)Cc2ccccc2)cc2c1NC(=O)C2CC. The number of carbonyl (C=O) groups is 1. The Kier molecular flexibility index (Phi) is 4.49.